The minimum atomic E-state index is -4.85. The Kier molecular flexibility index (Phi) is 3.59. The maximum atomic E-state index is 12.9. The van der Waals surface area contributed by atoms with Crippen molar-refractivity contribution in [2.75, 3.05) is 0 Å². The highest BCUT2D eigenvalue weighted by Crippen LogP contribution is 2.33. The third-order valence-corrected chi connectivity index (χ3v) is 1.90. The van der Waals surface area contributed by atoms with Crippen molar-refractivity contribution in [2.45, 2.75) is 19.2 Å². The van der Waals surface area contributed by atoms with Crippen LogP contribution in [0, 0.1) is 5.82 Å². The highest BCUT2D eigenvalue weighted by atomic mass is 19.4. The maximum Gasteiger partial charge on any atom is 0.419 e. The number of hydrogen-bond acceptors (Lipinski definition) is 2. The van der Waals surface area contributed by atoms with Crippen LogP contribution in [0.2, 0.25) is 0 Å². The Morgan fingerprint density at radius 2 is 2.00 bits per heavy atom. The standard InChI is InChI=1S/C10H8F4O3/c1-5(9(15)16)17-6-2-3-8(11)7(4-6)10(12,13)14/h2-5H,1H3,(H,15,16). The minimum Gasteiger partial charge on any atom is -0.479 e. The van der Waals surface area contributed by atoms with Gasteiger partial charge in [-0.05, 0) is 25.1 Å². The molecule has 0 spiro atoms. The topological polar surface area (TPSA) is 46.5 Å². The van der Waals surface area contributed by atoms with E-state index >= 15 is 0 Å². The summed E-state index contributed by atoms with van der Waals surface area (Å²) < 4.78 is 54.5. The molecule has 0 aliphatic heterocycles. The van der Waals surface area contributed by atoms with E-state index in [1.165, 1.54) is 0 Å². The number of alkyl halides is 3. The van der Waals surface area contributed by atoms with Crippen LogP contribution < -0.4 is 4.74 Å². The van der Waals surface area contributed by atoms with Crippen LogP contribution >= 0.6 is 0 Å². The SMILES string of the molecule is CC(Oc1ccc(F)c(C(F)(F)F)c1)C(=O)O. The van der Waals surface area contributed by atoms with Gasteiger partial charge >= 0.3 is 12.1 Å². The molecule has 1 unspecified atom stereocenters. The van der Waals surface area contributed by atoms with Crippen LogP contribution in [0.4, 0.5) is 17.6 Å². The smallest absolute Gasteiger partial charge is 0.419 e. The fraction of sp³-hybridized carbons (Fsp3) is 0.300. The van der Waals surface area contributed by atoms with Crippen LogP contribution in [0.3, 0.4) is 0 Å². The van der Waals surface area contributed by atoms with Crippen molar-refractivity contribution < 1.29 is 32.2 Å². The lowest BCUT2D eigenvalue weighted by Gasteiger charge is -2.13. The summed E-state index contributed by atoms with van der Waals surface area (Å²) in [6.07, 6.45) is -6.17. The van der Waals surface area contributed by atoms with E-state index in [0.717, 1.165) is 13.0 Å². The van der Waals surface area contributed by atoms with Gasteiger partial charge in [-0.1, -0.05) is 0 Å². The van der Waals surface area contributed by atoms with Gasteiger partial charge in [0.15, 0.2) is 6.10 Å². The van der Waals surface area contributed by atoms with E-state index < -0.39 is 29.6 Å². The summed E-state index contributed by atoms with van der Waals surface area (Å²) >= 11 is 0. The van der Waals surface area contributed by atoms with E-state index in [4.69, 9.17) is 9.84 Å². The summed E-state index contributed by atoms with van der Waals surface area (Å²) in [5, 5.41) is 8.51. The van der Waals surface area contributed by atoms with Crippen molar-refractivity contribution in [3.8, 4) is 5.75 Å². The molecule has 0 aliphatic rings. The molecule has 0 aliphatic carbocycles. The van der Waals surface area contributed by atoms with E-state index in [-0.39, 0.29) is 5.75 Å². The molecule has 1 aromatic rings. The highest BCUT2D eigenvalue weighted by molar-refractivity contribution is 5.72. The number of rotatable bonds is 3. The Bertz CT molecular complexity index is 428. The molecule has 94 valence electrons. The zero-order valence-corrected chi connectivity index (χ0v) is 8.58. The fourth-order valence-electron chi connectivity index (χ4n) is 1.05. The second kappa shape index (κ2) is 4.60. The van der Waals surface area contributed by atoms with Crippen molar-refractivity contribution in [2.24, 2.45) is 0 Å². The Morgan fingerprint density at radius 3 is 2.47 bits per heavy atom. The number of hydrogen-bond donors (Lipinski definition) is 1. The molecule has 0 radical (unpaired) electrons. The van der Waals surface area contributed by atoms with Crippen molar-refractivity contribution in [3.05, 3.63) is 29.6 Å². The normalized spacial score (nSPS) is 13.2. The molecule has 0 saturated carbocycles. The zero-order valence-electron chi connectivity index (χ0n) is 8.58. The fourth-order valence-corrected chi connectivity index (χ4v) is 1.05. The molecule has 3 nitrogen and oxygen atoms in total. The van der Waals surface area contributed by atoms with Crippen LogP contribution in [0.25, 0.3) is 0 Å². The van der Waals surface area contributed by atoms with Crippen molar-refractivity contribution >= 4 is 5.97 Å². The lowest BCUT2D eigenvalue weighted by atomic mass is 10.2. The quantitative estimate of drug-likeness (QED) is 0.841. The van der Waals surface area contributed by atoms with Crippen LogP contribution in [0.5, 0.6) is 5.75 Å². The van der Waals surface area contributed by atoms with Crippen LogP contribution in [-0.4, -0.2) is 17.2 Å². The monoisotopic (exact) mass is 252 g/mol. The van der Waals surface area contributed by atoms with Gasteiger partial charge in [0.1, 0.15) is 11.6 Å². The maximum absolute atomic E-state index is 12.9. The van der Waals surface area contributed by atoms with Crippen molar-refractivity contribution in [3.63, 3.8) is 0 Å². The first kappa shape index (κ1) is 13.3. The number of carboxylic acids is 1. The van der Waals surface area contributed by atoms with E-state index in [1.807, 2.05) is 0 Å². The van der Waals surface area contributed by atoms with E-state index in [9.17, 15) is 22.4 Å². The molecule has 17 heavy (non-hydrogen) atoms. The molecule has 0 saturated heterocycles. The molecular weight excluding hydrogens is 244 g/mol. The van der Waals surface area contributed by atoms with E-state index in [1.54, 1.807) is 0 Å². The molecule has 1 N–H and O–H groups in total. The molecule has 0 fully saturated rings. The molecule has 0 aromatic heterocycles. The first-order chi connectivity index (χ1) is 7.71. The lowest BCUT2D eigenvalue weighted by molar-refractivity contribution is -0.144. The number of carboxylic acid groups (broad SMARTS) is 1. The molecule has 7 heteroatoms. The van der Waals surface area contributed by atoms with Gasteiger partial charge in [0.25, 0.3) is 0 Å². The van der Waals surface area contributed by atoms with Gasteiger partial charge in [-0.2, -0.15) is 13.2 Å². The second-order valence-corrected chi connectivity index (χ2v) is 3.24. The van der Waals surface area contributed by atoms with Gasteiger partial charge in [0, 0.05) is 0 Å². The lowest BCUT2D eigenvalue weighted by Crippen LogP contribution is -2.23. The number of halogens is 4. The summed E-state index contributed by atoms with van der Waals surface area (Å²) in [5.74, 6) is -3.12. The highest BCUT2D eigenvalue weighted by Gasteiger charge is 2.34. The summed E-state index contributed by atoms with van der Waals surface area (Å²) in [5.41, 5.74) is -1.49. The predicted octanol–water partition coefficient (Wildman–Crippen LogP) is 2.70. The molecule has 1 atom stereocenters. The van der Waals surface area contributed by atoms with Crippen LogP contribution in [0.1, 0.15) is 12.5 Å². The van der Waals surface area contributed by atoms with Gasteiger partial charge in [-0.3, -0.25) is 0 Å². The third kappa shape index (κ3) is 3.33. The van der Waals surface area contributed by atoms with Gasteiger partial charge in [0.2, 0.25) is 0 Å². The Hall–Kier alpha value is -1.79. The van der Waals surface area contributed by atoms with Gasteiger partial charge in [0.05, 0.1) is 5.56 Å². The molecule has 0 heterocycles. The van der Waals surface area contributed by atoms with E-state index in [0.29, 0.717) is 12.1 Å². The van der Waals surface area contributed by atoms with E-state index in [2.05, 4.69) is 0 Å². The first-order valence-electron chi connectivity index (χ1n) is 4.48. The number of carbonyl (C=O) groups is 1. The Balaban J connectivity index is 3.01. The summed E-state index contributed by atoms with van der Waals surface area (Å²) in [7, 11) is 0. The molecule has 1 aromatic carbocycles. The molecule has 0 bridgehead atoms. The van der Waals surface area contributed by atoms with Gasteiger partial charge in [-0.25, -0.2) is 9.18 Å². The number of benzene rings is 1. The average Bonchev–Trinajstić information content (AvgIpc) is 2.19. The molecule has 0 amide bonds. The largest absolute Gasteiger partial charge is 0.479 e. The summed E-state index contributed by atoms with van der Waals surface area (Å²) in [6.45, 7) is 1.15. The first-order valence-corrected chi connectivity index (χ1v) is 4.48. The number of aliphatic carboxylic acids is 1. The van der Waals surface area contributed by atoms with Gasteiger partial charge in [-0.15, -0.1) is 0 Å². The van der Waals surface area contributed by atoms with Gasteiger partial charge < -0.3 is 9.84 Å². The summed E-state index contributed by atoms with van der Waals surface area (Å²) in [6, 6.07) is 1.94. The Morgan fingerprint density at radius 1 is 1.41 bits per heavy atom. The minimum absolute atomic E-state index is 0.353. The predicted molar refractivity (Wildman–Crippen MR) is 49.1 cm³/mol. The van der Waals surface area contributed by atoms with Crippen molar-refractivity contribution in [1.29, 1.82) is 0 Å². The number of ether oxygens (including phenoxy) is 1. The van der Waals surface area contributed by atoms with Crippen molar-refractivity contribution in [1.82, 2.24) is 0 Å². The van der Waals surface area contributed by atoms with Crippen LogP contribution in [-0.2, 0) is 11.0 Å². The summed E-state index contributed by atoms with van der Waals surface area (Å²) in [4.78, 5) is 10.4. The average molecular weight is 252 g/mol. The zero-order chi connectivity index (χ0) is 13.2. The second-order valence-electron chi connectivity index (χ2n) is 3.24. The van der Waals surface area contributed by atoms with Crippen LogP contribution in [0.15, 0.2) is 18.2 Å². The molecular formula is C10H8F4O3. The Labute approximate surface area is 93.6 Å². The molecule has 1 rings (SSSR count). The third-order valence-electron chi connectivity index (χ3n) is 1.90.